The van der Waals surface area contributed by atoms with E-state index in [0.717, 1.165) is 10.5 Å². The van der Waals surface area contributed by atoms with Crippen molar-refractivity contribution in [1.82, 2.24) is 5.32 Å². The highest BCUT2D eigenvalue weighted by Crippen LogP contribution is 2.19. The van der Waals surface area contributed by atoms with E-state index in [1.54, 1.807) is 42.1 Å². The van der Waals surface area contributed by atoms with Crippen LogP contribution in [-0.4, -0.2) is 18.1 Å². The van der Waals surface area contributed by atoms with Gasteiger partial charge >= 0.3 is 0 Å². The van der Waals surface area contributed by atoms with Crippen molar-refractivity contribution in [2.24, 2.45) is 0 Å². The Bertz CT molecular complexity index is 986. The van der Waals surface area contributed by atoms with Crippen LogP contribution >= 0.6 is 11.8 Å². The minimum atomic E-state index is -0.383. The second-order valence-electron chi connectivity index (χ2n) is 5.97. The molecule has 0 fully saturated rings. The van der Waals surface area contributed by atoms with E-state index in [1.165, 1.54) is 0 Å². The predicted octanol–water partition coefficient (Wildman–Crippen LogP) is 4.82. The molecular formula is C23H20N2O2S. The molecule has 4 nitrogen and oxygen atoms in total. The van der Waals surface area contributed by atoms with Crippen LogP contribution < -0.4 is 10.6 Å². The van der Waals surface area contributed by atoms with Crippen LogP contribution in [0.2, 0.25) is 0 Å². The molecule has 3 aromatic carbocycles. The topological polar surface area (TPSA) is 58.2 Å². The van der Waals surface area contributed by atoms with Crippen LogP contribution in [0.4, 0.5) is 5.69 Å². The van der Waals surface area contributed by atoms with Crippen molar-refractivity contribution in [2.45, 2.75) is 4.90 Å². The van der Waals surface area contributed by atoms with Crippen molar-refractivity contribution in [2.75, 3.05) is 11.6 Å². The third-order valence-corrected chi connectivity index (χ3v) is 4.69. The molecule has 3 aromatic rings. The molecule has 0 saturated heterocycles. The number of hydrogen-bond donors (Lipinski definition) is 2. The number of carbonyl (C=O) groups excluding carboxylic acids is 2. The molecule has 28 heavy (non-hydrogen) atoms. The Morgan fingerprint density at radius 3 is 2.21 bits per heavy atom. The highest BCUT2D eigenvalue weighted by atomic mass is 32.2. The average molecular weight is 388 g/mol. The van der Waals surface area contributed by atoms with Crippen LogP contribution in [0.25, 0.3) is 6.08 Å². The summed E-state index contributed by atoms with van der Waals surface area (Å²) in [5, 5.41) is 5.59. The molecule has 0 unspecified atom stereocenters. The van der Waals surface area contributed by atoms with E-state index >= 15 is 0 Å². The standard InChI is InChI=1S/C23H20N2O2S/c1-28-20-14-8-13-19(16-20)24-23(27)21(15-17-9-4-2-5-10-17)25-22(26)18-11-6-3-7-12-18/h2-16H,1H3,(H,24,27)(H,25,26)/b21-15+. The molecule has 0 aromatic heterocycles. The Kier molecular flexibility index (Phi) is 6.65. The van der Waals surface area contributed by atoms with Crippen molar-refractivity contribution >= 4 is 35.3 Å². The van der Waals surface area contributed by atoms with Gasteiger partial charge in [0, 0.05) is 16.1 Å². The maximum atomic E-state index is 12.9. The number of thioether (sulfide) groups is 1. The fourth-order valence-electron chi connectivity index (χ4n) is 2.56. The number of hydrogen-bond acceptors (Lipinski definition) is 3. The Labute approximate surface area is 168 Å². The molecule has 0 heterocycles. The average Bonchev–Trinajstić information content (AvgIpc) is 2.74. The fourth-order valence-corrected chi connectivity index (χ4v) is 3.02. The van der Waals surface area contributed by atoms with Crippen molar-refractivity contribution in [1.29, 1.82) is 0 Å². The van der Waals surface area contributed by atoms with Gasteiger partial charge in [0.1, 0.15) is 5.70 Å². The zero-order chi connectivity index (χ0) is 19.8. The molecule has 0 atom stereocenters. The molecule has 0 bridgehead atoms. The lowest BCUT2D eigenvalue weighted by Crippen LogP contribution is -2.30. The molecule has 3 rings (SSSR count). The highest BCUT2D eigenvalue weighted by molar-refractivity contribution is 7.98. The van der Waals surface area contributed by atoms with E-state index in [1.807, 2.05) is 66.9 Å². The van der Waals surface area contributed by atoms with Gasteiger partial charge in [-0.3, -0.25) is 9.59 Å². The van der Waals surface area contributed by atoms with Crippen molar-refractivity contribution in [3.05, 3.63) is 102 Å². The molecule has 0 saturated carbocycles. The number of carbonyl (C=O) groups is 2. The first-order valence-corrected chi connectivity index (χ1v) is 9.97. The fraction of sp³-hybridized carbons (Fsp3) is 0.0435. The summed E-state index contributed by atoms with van der Waals surface area (Å²) in [6.07, 6.45) is 3.64. The normalized spacial score (nSPS) is 11.0. The highest BCUT2D eigenvalue weighted by Gasteiger charge is 2.15. The lowest BCUT2D eigenvalue weighted by Gasteiger charge is -2.12. The number of rotatable bonds is 6. The van der Waals surface area contributed by atoms with Gasteiger partial charge in [-0.1, -0.05) is 54.6 Å². The van der Waals surface area contributed by atoms with Gasteiger partial charge in [0.2, 0.25) is 0 Å². The zero-order valence-electron chi connectivity index (χ0n) is 15.4. The monoisotopic (exact) mass is 388 g/mol. The third kappa shape index (κ3) is 5.34. The van der Waals surface area contributed by atoms with Crippen molar-refractivity contribution < 1.29 is 9.59 Å². The minimum Gasteiger partial charge on any atom is -0.321 e. The number of amides is 2. The SMILES string of the molecule is CSc1cccc(NC(=O)/C(=C\c2ccccc2)NC(=O)c2ccccc2)c1. The van der Waals surface area contributed by atoms with Crippen LogP contribution in [0.3, 0.4) is 0 Å². The van der Waals surface area contributed by atoms with Gasteiger partial charge in [0.05, 0.1) is 0 Å². The Morgan fingerprint density at radius 1 is 0.857 bits per heavy atom. The summed E-state index contributed by atoms with van der Waals surface area (Å²) in [5.41, 5.74) is 2.15. The third-order valence-electron chi connectivity index (χ3n) is 3.97. The first-order chi connectivity index (χ1) is 13.7. The summed E-state index contributed by atoms with van der Waals surface area (Å²) in [6.45, 7) is 0. The van der Waals surface area contributed by atoms with Crippen LogP contribution in [0.5, 0.6) is 0 Å². The van der Waals surface area contributed by atoms with Gasteiger partial charge in [0.15, 0.2) is 0 Å². The number of benzene rings is 3. The molecule has 140 valence electrons. The van der Waals surface area contributed by atoms with Crippen molar-refractivity contribution in [3.8, 4) is 0 Å². The van der Waals surface area contributed by atoms with Gasteiger partial charge in [-0.05, 0) is 48.2 Å². The first kappa shape index (κ1) is 19.5. The smallest absolute Gasteiger partial charge is 0.272 e. The van der Waals surface area contributed by atoms with Gasteiger partial charge in [0.25, 0.3) is 11.8 Å². The maximum Gasteiger partial charge on any atom is 0.272 e. The summed E-state index contributed by atoms with van der Waals surface area (Å²) >= 11 is 1.59. The Morgan fingerprint density at radius 2 is 1.54 bits per heavy atom. The van der Waals surface area contributed by atoms with Gasteiger partial charge in [-0.2, -0.15) is 0 Å². The predicted molar refractivity (Wildman–Crippen MR) is 115 cm³/mol. The second kappa shape index (κ2) is 9.58. The van der Waals surface area contributed by atoms with Crippen LogP contribution in [0.15, 0.2) is 95.5 Å². The van der Waals surface area contributed by atoms with Crippen LogP contribution in [-0.2, 0) is 4.79 Å². The van der Waals surface area contributed by atoms with Gasteiger partial charge < -0.3 is 10.6 Å². The minimum absolute atomic E-state index is 0.176. The number of nitrogens with one attached hydrogen (secondary N) is 2. The zero-order valence-corrected chi connectivity index (χ0v) is 16.2. The van der Waals surface area contributed by atoms with Crippen LogP contribution in [0, 0.1) is 0 Å². The van der Waals surface area contributed by atoms with Gasteiger partial charge in [-0.25, -0.2) is 0 Å². The van der Waals surface area contributed by atoms with E-state index in [2.05, 4.69) is 10.6 Å². The lowest BCUT2D eigenvalue weighted by atomic mass is 10.1. The summed E-state index contributed by atoms with van der Waals surface area (Å²) in [6, 6.07) is 25.8. The largest absolute Gasteiger partial charge is 0.321 e. The van der Waals surface area contributed by atoms with Crippen LogP contribution in [0.1, 0.15) is 15.9 Å². The Balaban J connectivity index is 1.86. The lowest BCUT2D eigenvalue weighted by molar-refractivity contribution is -0.113. The molecule has 2 amide bonds. The summed E-state index contributed by atoms with van der Waals surface area (Å²) in [7, 11) is 0. The number of anilines is 1. The second-order valence-corrected chi connectivity index (χ2v) is 6.85. The molecule has 0 aliphatic rings. The van der Waals surface area contributed by atoms with E-state index < -0.39 is 0 Å². The molecule has 0 spiro atoms. The maximum absolute atomic E-state index is 12.9. The molecule has 0 aliphatic carbocycles. The summed E-state index contributed by atoms with van der Waals surface area (Å²) < 4.78 is 0. The molecule has 2 N–H and O–H groups in total. The van der Waals surface area contributed by atoms with Crippen molar-refractivity contribution in [3.63, 3.8) is 0 Å². The van der Waals surface area contributed by atoms with E-state index in [-0.39, 0.29) is 17.5 Å². The molecule has 0 aliphatic heterocycles. The van der Waals surface area contributed by atoms with E-state index in [4.69, 9.17) is 0 Å². The molecular weight excluding hydrogens is 368 g/mol. The van der Waals surface area contributed by atoms with E-state index in [0.29, 0.717) is 11.3 Å². The Hall–Kier alpha value is -3.31. The summed E-state index contributed by atoms with van der Waals surface area (Å²) in [4.78, 5) is 26.5. The first-order valence-electron chi connectivity index (χ1n) is 8.74. The quantitative estimate of drug-likeness (QED) is 0.470. The van der Waals surface area contributed by atoms with E-state index in [9.17, 15) is 9.59 Å². The molecule has 5 heteroatoms. The molecule has 0 radical (unpaired) electrons. The summed E-state index contributed by atoms with van der Waals surface area (Å²) in [5.74, 6) is -0.720. The van der Waals surface area contributed by atoms with Gasteiger partial charge in [-0.15, -0.1) is 11.8 Å².